The topological polar surface area (TPSA) is 104 Å². The molecule has 0 spiro atoms. The second-order valence-corrected chi connectivity index (χ2v) is 4.74. The number of aliphatic hydroxyl groups excluding tert-OH is 1. The number of carbonyl (C=O) groups is 1. The Labute approximate surface area is 114 Å². The second kappa shape index (κ2) is 5.40. The largest absolute Gasteiger partial charge is 0.393 e. The summed E-state index contributed by atoms with van der Waals surface area (Å²) in [6, 6.07) is 5.05. The van der Waals surface area contributed by atoms with Gasteiger partial charge in [-0.25, -0.2) is 4.98 Å². The van der Waals surface area contributed by atoms with Crippen molar-refractivity contribution in [2.24, 2.45) is 0 Å². The van der Waals surface area contributed by atoms with Crippen molar-refractivity contribution in [3.8, 4) is 0 Å². The highest BCUT2D eigenvalue weighted by Crippen LogP contribution is 2.01. The summed E-state index contributed by atoms with van der Waals surface area (Å²) in [4.78, 5) is 28.0. The number of pyridine rings is 1. The van der Waals surface area contributed by atoms with Crippen LogP contribution in [0.1, 0.15) is 17.3 Å². The first-order valence-electron chi connectivity index (χ1n) is 6.02. The summed E-state index contributed by atoms with van der Waals surface area (Å²) in [5.41, 5.74) is -1.61. The maximum atomic E-state index is 12.1. The molecule has 2 aromatic heterocycles. The highest BCUT2D eigenvalue weighted by atomic mass is 16.3. The van der Waals surface area contributed by atoms with Crippen LogP contribution in [0.2, 0.25) is 0 Å². The van der Waals surface area contributed by atoms with E-state index in [-0.39, 0.29) is 12.1 Å². The first-order valence-corrected chi connectivity index (χ1v) is 6.02. The molecule has 106 valence electrons. The molecule has 0 fully saturated rings. The van der Waals surface area contributed by atoms with Crippen LogP contribution < -0.4 is 10.9 Å². The fraction of sp³-hybridized carbons (Fsp3) is 0.308. The Hall–Kier alpha value is -2.25. The molecular weight excluding hydrogens is 262 g/mol. The van der Waals surface area contributed by atoms with E-state index in [1.807, 2.05) is 0 Å². The number of hydrogen-bond acceptors (Lipinski definition) is 5. The van der Waals surface area contributed by atoms with Crippen LogP contribution in [0.4, 0.5) is 0 Å². The highest BCUT2D eigenvalue weighted by molar-refractivity contribution is 5.93. The molecule has 3 N–H and O–H groups in total. The lowest BCUT2D eigenvalue weighted by atomic mass is 10.1. The standard InChI is InChI=1S/C13H15N3O4/c1-13(20,8-17)7-15-11(18)9-6-14-10-4-2-3-5-16(10)12(9)19/h2-6,17,20H,7-8H2,1H3,(H,15,18). The summed E-state index contributed by atoms with van der Waals surface area (Å²) in [5, 5.41) is 20.9. The first kappa shape index (κ1) is 14.2. The zero-order valence-electron chi connectivity index (χ0n) is 10.9. The van der Waals surface area contributed by atoms with Gasteiger partial charge in [-0.1, -0.05) is 6.07 Å². The fourth-order valence-corrected chi connectivity index (χ4v) is 1.60. The number of amides is 1. The summed E-state index contributed by atoms with van der Waals surface area (Å²) < 4.78 is 1.26. The Morgan fingerprint density at radius 1 is 1.50 bits per heavy atom. The minimum absolute atomic E-state index is 0.123. The van der Waals surface area contributed by atoms with Crippen molar-refractivity contribution in [2.45, 2.75) is 12.5 Å². The van der Waals surface area contributed by atoms with E-state index < -0.39 is 23.7 Å². The second-order valence-electron chi connectivity index (χ2n) is 4.74. The number of fused-ring (bicyclic) bond motifs is 1. The molecule has 0 aromatic carbocycles. The molecule has 1 atom stereocenters. The molecule has 0 aliphatic carbocycles. The molecule has 0 saturated carbocycles. The maximum absolute atomic E-state index is 12.1. The summed E-state index contributed by atoms with van der Waals surface area (Å²) >= 11 is 0. The zero-order chi connectivity index (χ0) is 14.8. The Balaban J connectivity index is 2.27. The Kier molecular flexibility index (Phi) is 3.82. The zero-order valence-corrected chi connectivity index (χ0v) is 10.9. The van der Waals surface area contributed by atoms with Gasteiger partial charge in [0.15, 0.2) is 0 Å². The van der Waals surface area contributed by atoms with Crippen LogP contribution in [0.5, 0.6) is 0 Å². The summed E-state index contributed by atoms with van der Waals surface area (Å²) in [7, 11) is 0. The Morgan fingerprint density at radius 2 is 2.25 bits per heavy atom. The van der Waals surface area contributed by atoms with Gasteiger partial charge >= 0.3 is 0 Å². The molecule has 0 saturated heterocycles. The van der Waals surface area contributed by atoms with Crippen LogP contribution in [0, 0.1) is 0 Å². The van der Waals surface area contributed by atoms with Gasteiger partial charge in [0.2, 0.25) is 0 Å². The van der Waals surface area contributed by atoms with E-state index in [9.17, 15) is 14.7 Å². The van der Waals surface area contributed by atoms with Crippen molar-refractivity contribution in [1.82, 2.24) is 14.7 Å². The van der Waals surface area contributed by atoms with Crippen LogP contribution in [0.25, 0.3) is 5.65 Å². The predicted molar refractivity (Wildman–Crippen MR) is 71.5 cm³/mol. The lowest BCUT2D eigenvalue weighted by Gasteiger charge is -2.20. The molecule has 7 nitrogen and oxygen atoms in total. The van der Waals surface area contributed by atoms with Crippen molar-refractivity contribution in [3.63, 3.8) is 0 Å². The molecule has 2 rings (SSSR count). The Morgan fingerprint density at radius 3 is 2.95 bits per heavy atom. The van der Waals surface area contributed by atoms with Crippen molar-refractivity contribution in [3.05, 3.63) is 46.5 Å². The van der Waals surface area contributed by atoms with Gasteiger partial charge in [-0.2, -0.15) is 0 Å². The lowest BCUT2D eigenvalue weighted by molar-refractivity contribution is 0.00318. The molecule has 1 amide bonds. The van der Waals surface area contributed by atoms with Crippen LogP contribution >= 0.6 is 0 Å². The van der Waals surface area contributed by atoms with Gasteiger partial charge in [-0.3, -0.25) is 14.0 Å². The summed E-state index contributed by atoms with van der Waals surface area (Å²) in [6.07, 6.45) is 2.71. The molecular formula is C13H15N3O4. The van der Waals surface area contributed by atoms with Crippen LogP contribution in [-0.2, 0) is 0 Å². The molecule has 20 heavy (non-hydrogen) atoms. The van der Waals surface area contributed by atoms with E-state index in [1.165, 1.54) is 23.7 Å². The quantitative estimate of drug-likeness (QED) is 0.676. The number of aliphatic hydroxyl groups is 2. The minimum Gasteiger partial charge on any atom is -0.393 e. The van der Waals surface area contributed by atoms with Crippen LogP contribution in [0.3, 0.4) is 0 Å². The smallest absolute Gasteiger partial charge is 0.270 e. The third-order valence-electron chi connectivity index (χ3n) is 2.83. The molecule has 1 unspecified atom stereocenters. The van der Waals surface area contributed by atoms with Gasteiger partial charge in [-0.15, -0.1) is 0 Å². The van der Waals surface area contributed by atoms with E-state index in [0.717, 1.165) is 0 Å². The van der Waals surface area contributed by atoms with Gasteiger partial charge in [0.25, 0.3) is 11.5 Å². The van der Waals surface area contributed by atoms with E-state index >= 15 is 0 Å². The fourth-order valence-electron chi connectivity index (χ4n) is 1.60. The molecule has 0 radical (unpaired) electrons. The van der Waals surface area contributed by atoms with Crippen LogP contribution in [0.15, 0.2) is 35.4 Å². The SMILES string of the molecule is CC(O)(CO)CNC(=O)c1cnc2ccccn2c1=O. The molecule has 2 aromatic rings. The Bertz CT molecular complexity index is 693. The number of rotatable bonds is 4. The van der Waals surface area contributed by atoms with Crippen LogP contribution in [-0.4, -0.2) is 44.3 Å². The highest BCUT2D eigenvalue weighted by Gasteiger charge is 2.21. The molecule has 0 aliphatic heterocycles. The average Bonchev–Trinajstić information content (AvgIpc) is 2.45. The van der Waals surface area contributed by atoms with Crippen molar-refractivity contribution in [1.29, 1.82) is 0 Å². The normalized spacial score (nSPS) is 13.9. The van der Waals surface area contributed by atoms with Gasteiger partial charge in [0.05, 0.1) is 6.61 Å². The number of aromatic nitrogens is 2. The van der Waals surface area contributed by atoms with E-state index in [2.05, 4.69) is 10.3 Å². The monoisotopic (exact) mass is 277 g/mol. The number of nitrogens with zero attached hydrogens (tertiary/aromatic N) is 2. The summed E-state index contributed by atoms with van der Waals surface area (Å²) in [6.45, 7) is 0.709. The number of hydrogen-bond donors (Lipinski definition) is 3. The molecule has 7 heteroatoms. The lowest BCUT2D eigenvalue weighted by Crippen LogP contribution is -2.44. The van der Waals surface area contributed by atoms with E-state index in [1.54, 1.807) is 18.2 Å². The van der Waals surface area contributed by atoms with Gasteiger partial charge in [0, 0.05) is 18.9 Å². The first-order chi connectivity index (χ1) is 9.44. The maximum Gasteiger partial charge on any atom is 0.270 e. The molecule has 0 bridgehead atoms. The molecule has 0 aliphatic rings. The van der Waals surface area contributed by atoms with Crippen molar-refractivity contribution >= 4 is 11.6 Å². The number of nitrogens with one attached hydrogen (secondary N) is 1. The predicted octanol–water partition coefficient (Wildman–Crippen LogP) is -0.832. The van der Waals surface area contributed by atoms with Gasteiger partial charge < -0.3 is 15.5 Å². The van der Waals surface area contributed by atoms with Gasteiger partial charge in [-0.05, 0) is 19.1 Å². The van der Waals surface area contributed by atoms with Crippen molar-refractivity contribution < 1.29 is 15.0 Å². The third-order valence-corrected chi connectivity index (χ3v) is 2.83. The molecule has 2 heterocycles. The average molecular weight is 277 g/mol. The van der Waals surface area contributed by atoms with E-state index in [4.69, 9.17) is 5.11 Å². The van der Waals surface area contributed by atoms with Gasteiger partial charge in [0.1, 0.15) is 16.8 Å². The minimum atomic E-state index is -1.43. The third kappa shape index (κ3) is 2.84. The van der Waals surface area contributed by atoms with E-state index in [0.29, 0.717) is 5.65 Å². The summed E-state index contributed by atoms with van der Waals surface area (Å²) in [5.74, 6) is -0.644. The van der Waals surface area contributed by atoms with Crippen molar-refractivity contribution in [2.75, 3.05) is 13.2 Å². The number of carbonyl (C=O) groups excluding carboxylic acids is 1.